The number of ketones is 1. The van der Waals surface area contributed by atoms with E-state index in [1.165, 1.54) is 16.7 Å². The Morgan fingerprint density at radius 3 is 2.30 bits per heavy atom. The molecule has 23 heavy (non-hydrogen) atoms. The molecule has 0 N–H and O–H groups in total. The maximum Gasteiger partial charge on any atom is 0.158 e. The lowest BCUT2D eigenvalue weighted by Crippen LogP contribution is -2.36. The Labute approximate surface area is 141 Å². The van der Waals surface area contributed by atoms with Crippen molar-refractivity contribution in [1.82, 2.24) is 0 Å². The van der Waals surface area contributed by atoms with Crippen molar-refractivity contribution in [2.75, 3.05) is 7.11 Å². The fourth-order valence-corrected chi connectivity index (χ4v) is 3.72. The largest absolute Gasteiger partial charge is 0.497 e. The summed E-state index contributed by atoms with van der Waals surface area (Å²) in [7, 11) is 1.71. The Hall–Kier alpha value is -1.57. The van der Waals surface area contributed by atoms with Crippen molar-refractivity contribution < 1.29 is 9.53 Å². The molecule has 0 heterocycles. The molecule has 0 bridgehead atoms. The summed E-state index contributed by atoms with van der Waals surface area (Å²) in [6.07, 6.45) is 3.66. The number of allylic oxidation sites excluding steroid dienone is 2. The summed E-state index contributed by atoms with van der Waals surface area (Å²) in [5, 5.41) is 0. The van der Waals surface area contributed by atoms with E-state index in [0.29, 0.717) is 12.2 Å². The summed E-state index contributed by atoms with van der Waals surface area (Å²) in [6, 6.07) is 6.39. The van der Waals surface area contributed by atoms with Crippen LogP contribution < -0.4 is 4.74 Å². The molecule has 1 aromatic rings. The smallest absolute Gasteiger partial charge is 0.158 e. The van der Waals surface area contributed by atoms with Gasteiger partial charge in [0.15, 0.2) is 5.78 Å². The number of hydrogen-bond donors (Lipinski definition) is 0. The first-order valence-electron chi connectivity index (χ1n) is 8.97. The molecule has 0 radical (unpaired) electrons. The van der Waals surface area contributed by atoms with E-state index in [2.05, 4.69) is 19.1 Å². The molecule has 1 aromatic carbocycles. The van der Waals surface area contributed by atoms with Gasteiger partial charge in [-0.1, -0.05) is 46.3 Å². The molecule has 0 aliphatic heterocycles. The summed E-state index contributed by atoms with van der Waals surface area (Å²) >= 11 is 0. The number of aryl methyl sites for hydroxylation is 1. The highest BCUT2D eigenvalue weighted by Crippen LogP contribution is 2.49. The van der Waals surface area contributed by atoms with E-state index >= 15 is 0 Å². The Kier molecular flexibility index (Phi) is 7.05. The highest BCUT2D eigenvalue weighted by atomic mass is 16.5. The van der Waals surface area contributed by atoms with Crippen molar-refractivity contribution in [1.29, 1.82) is 0 Å². The second-order valence-electron chi connectivity index (χ2n) is 5.88. The van der Waals surface area contributed by atoms with E-state index in [1.54, 1.807) is 7.11 Å². The van der Waals surface area contributed by atoms with Gasteiger partial charge in [-0.15, -0.1) is 0 Å². The lowest BCUT2D eigenvalue weighted by molar-refractivity contribution is -0.116. The van der Waals surface area contributed by atoms with Gasteiger partial charge in [-0.25, -0.2) is 0 Å². The predicted molar refractivity (Wildman–Crippen MR) is 98.3 cm³/mol. The van der Waals surface area contributed by atoms with Crippen LogP contribution in [0, 0.1) is 0 Å². The molecule has 128 valence electrons. The molecule has 0 unspecified atom stereocenters. The van der Waals surface area contributed by atoms with E-state index in [1.807, 2.05) is 40.7 Å². The van der Waals surface area contributed by atoms with E-state index in [4.69, 9.17) is 4.74 Å². The Morgan fingerprint density at radius 2 is 1.70 bits per heavy atom. The van der Waals surface area contributed by atoms with Gasteiger partial charge >= 0.3 is 0 Å². The SMILES string of the molecule is CC.CC.COc1ccc2c(c1)[C@@]1(C)CCC(=O)C(C)=C1CC2. The quantitative estimate of drug-likeness (QED) is 0.671. The van der Waals surface area contributed by atoms with E-state index < -0.39 is 0 Å². The number of methoxy groups -OCH3 is 1. The van der Waals surface area contributed by atoms with E-state index in [-0.39, 0.29) is 5.41 Å². The molecule has 3 rings (SSSR count). The monoisotopic (exact) mass is 316 g/mol. The number of fused-ring (bicyclic) bond motifs is 3. The third kappa shape index (κ3) is 3.52. The molecule has 1 atom stereocenters. The van der Waals surface area contributed by atoms with Gasteiger partial charge in [-0.2, -0.15) is 0 Å². The van der Waals surface area contributed by atoms with Gasteiger partial charge in [0, 0.05) is 11.8 Å². The van der Waals surface area contributed by atoms with Crippen molar-refractivity contribution in [2.24, 2.45) is 0 Å². The first kappa shape index (κ1) is 19.5. The van der Waals surface area contributed by atoms with Crippen LogP contribution >= 0.6 is 0 Å². The van der Waals surface area contributed by atoms with Crippen LogP contribution in [0.2, 0.25) is 0 Å². The van der Waals surface area contributed by atoms with Crippen molar-refractivity contribution in [3.63, 3.8) is 0 Å². The summed E-state index contributed by atoms with van der Waals surface area (Å²) < 4.78 is 5.37. The van der Waals surface area contributed by atoms with Gasteiger partial charge in [0.2, 0.25) is 0 Å². The van der Waals surface area contributed by atoms with Gasteiger partial charge < -0.3 is 4.74 Å². The number of rotatable bonds is 1. The van der Waals surface area contributed by atoms with Crippen molar-refractivity contribution >= 4 is 5.78 Å². The average molecular weight is 316 g/mol. The van der Waals surface area contributed by atoms with Crippen LogP contribution in [0.25, 0.3) is 0 Å². The van der Waals surface area contributed by atoms with Crippen LogP contribution in [-0.2, 0) is 16.6 Å². The molecule has 0 saturated heterocycles. The summed E-state index contributed by atoms with van der Waals surface area (Å²) in [6.45, 7) is 12.3. The first-order valence-corrected chi connectivity index (χ1v) is 8.97. The Morgan fingerprint density at radius 1 is 1.04 bits per heavy atom. The van der Waals surface area contributed by atoms with Gasteiger partial charge in [0.25, 0.3) is 0 Å². The van der Waals surface area contributed by atoms with Crippen LogP contribution in [0.15, 0.2) is 29.3 Å². The van der Waals surface area contributed by atoms with Gasteiger partial charge in [-0.05, 0) is 55.0 Å². The average Bonchev–Trinajstić information content (AvgIpc) is 2.62. The van der Waals surface area contributed by atoms with Crippen molar-refractivity contribution in [2.45, 2.75) is 72.6 Å². The van der Waals surface area contributed by atoms with Gasteiger partial charge in [0.1, 0.15) is 5.75 Å². The zero-order valence-electron chi connectivity index (χ0n) is 15.9. The number of Topliss-reactive ketones (excluding diaryl/α,β-unsaturated/α-hetero) is 1. The maximum atomic E-state index is 11.9. The highest BCUT2D eigenvalue weighted by molar-refractivity contribution is 5.97. The minimum atomic E-state index is 0.0279. The zero-order chi connectivity index (χ0) is 17.6. The fourth-order valence-electron chi connectivity index (χ4n) is 3.72. The first-order chi connectivity index (χ1) is 11.1. The standard InChI is InChI=1S/C17H20O2.2C2H6/c1-11-14-7-5-12-4-6-13(19-3)10-15(12)17(14,2)9-8-16(11)18;2*1-2/h4,6,10H,5,7-9H2,1-3H3;2*1-2H3/t17-;;/m0../s1. The van der Waals surface area contributed by atoms with E-state index in [9.17, 15) is 4.79 Å². The van der Waals surface area contributed by atoms with Crippen LogP contribution in [0.5, 0.6) is 5.75 Å². The fraction of sp³-hybridized carbons (Fsp3) is 0.571. The molecule has 2 nitrogen and oxygen atoms in total. The molecule has 2 aliphatic carbocycles. The van der Waals surface area contributed by atoms with E-state index in [0.717, 1.165) is 30.6 Å². The Bertz CT molecular complexity index is 584. The van der Waals surface area contributed by atoms with Crippen LogP contribution in [0.4, 0.5) is 0 Å². The summed E-state index contributed by atoms with van der Waals surface area (Å²) in [5.41, 5.74) is 5.15. The number of carbonyl (C=O) groups excluding carboxylic acids is 1. The number of carbonyl (C=O) groups is 1. The summed E-state index contributed by atoms with van der Waals surface area (Å²) in [4.78, 5) is 11.9. The number of benzene rings is 1. The molecule has 2 heteroatoms. The van der Waals surface area contributed by atoms with Crippen LogP contribution in [0.3, 0.4) is 0 Å². The maximum absolute atomic E-state index is 11.9. The molecular weight excluding hydrogens is 284 g/mol. The predicted octanol–water partition coefficient (Wildman–Crippen LogP) is 5.63. The molecule has 0 fully saturated rings. The number of hydrogen-bond acceptors (Lipinski definition) is 2. The second kappa shape index (κ2) is 8.33. The van der Waals surface area contributed by atoms with Crippen molar-refractivity contribution in [3.05, 3.63) is 40.5 Å². The number of ether oxygens (including phenoxy) is 1. The molecule has 0 aromatic heterocycles. The normalized spacial score (nSPS) is 22.0. The zero-order valence-corrected chi connectivity index (χ0v) is 15.9. The molecular formula is C21H32O2. The lowest BCUT2D eigenvalue weighted by Gasteiger charge is -2.42. The minimum Gasteiger partial charge on any atom is -0.497 e. The Balaban J connectivity index is 0.000000615. The third-order valence-electron chi connectivity index (χ3n) is 4.94. The van der Waals surface area contributed by atoms with Gasteiger partial charge in [0.05, 0.1) is 7.11 Å². The highest BCUT2D eigenvalue weighted by Gasteiger charge is 2.41. The molecule has 0 spiro atoms. The molecule has 0 amide bonds. The topological polar surface area (TPSA) is 26.3 Å². The van der Waals surface area contributed by atoms with Gasteiger partial charge in [-0.3, -0.25) is 4.79 Å². The van der Waals surface area contributed by atoms with Crippen LogP contribution in [0.1, 0.15) is 71.9 Å². The van der Waals surface area contributed by atoms with Crippen molar-refractivity contribution in [3.8, 4) is 5.75 Å². The molecule has 2 aliphatic rings. The lowest BCUT2D eigenvalue weighted by atomic mass is 9.61. The molecule has 0 saturated carbocycles. The minimum absolute atomic E-state index is 0.0279. The summed E-state index contributed by atoms with van der Waals surface area (Å²) in [5.74, 6) is 1.24. The second-order valence-corrected chi connectivity index (χ2v) is 5.88. The van der Waals surface area contributed by atoms with Crippen LogP contribution in [-0.4, -0.2) is 12.9 Å². The third-order valence-corrected chi connectivity index (χ3v) is 4.94.